The van der Waals surface area contributed by atoms with Crippen molar-refractivity contribution in [3.63, 3.8) is 0 Å². The van der Waals surface area contributed by atoms with Crippen molar-refractivity contribution in [1.82, 2.24) is 0 Å². The molecule has 0 aromatic heterocycles. The average Bonchev–Trinajstić information content (AvgIpc) is 2.32. The zero-order chi connectivity index (χ0) is 13.6. The zero-order valence-corrected chi connectivity index (χ0v) is 12.2. The predicted molar refractivity (Wildman–Crippen MR) is 76.7 cm³/mol. The molecular formula is C13H20ClNO2S. The lowest BCUT2D eigenvalue weighted by molar-refractivity contribution is 0.587. The van der Waals surface area contributed by atoms with Crippen LogP contribution in [0.5, 0.6) is 0 Å². The summed E-state index contributed by atoms with van der Waals surface area (Å²) < 4.78 is 24.2. The molecule has 0 aliphatic carbocycles. The number of sulfone groups is 1. The van der Waals surface area contributed by atoms with Crippen LogP contribution in [0, 0.1) is 0 Å². The Kier molecular flexibility index (Phi) is 5.96. The second-order valence-electron chi connectivity index (χ2n) is 4.42. The molecule has 0 spiro atoms. The van der Waals surface area contributed by atoms with Crippen molar-refractivity contribution in [2.75, 3.05) is 11.5 Å². The van der Waals surface area contributed by atoms with Gasteiger partial charge in [0, 0.05) is 5.69 Å². The summed E-state index contributed by atoms with van der Waals surface area (Å²) in [5, 5.41) is 0.248. The highest BCUT2D eigenvalue weighted by atomic mass is 35.5. The molecule has 0 aliphatic heterocycles. The minimum atomic E-state index is -3.31. The fraction of sp³-hybridized carbons (Fsp3) is 0.538. The van der Waals surface area contributed by atoms with E-state index in [4.69, 9.17) is 17.3 Å². The van der Waals surface area contributed by atoms with Gasteiger partial charge in [-0.2, -0.15) is 0 Å². The smallest absolute Gasteiger partial charge is 0.179 e. The van der Waals surface area contributed by atoms with Gasteiger partial charge < -0.3 is 5.73 Å². The van der Waals surface area contributed by atoms with E-state index in [9.17, 15) is 8.42 Å². The molecule has 0 amide bonds. The number of benzene rings is 1. The van der Waals surface area contributed by atoms with Crippen LogP contribution in [0.25, 0.3) is 0 Å². The van der Waals surface area contributed by atoms with Crippen LogP contribution in [0.15, 0.2) is 23.1 Å². The summed E-state index contributed by atoms with van der Waals surface area (Å²) in [6.45, 7) is 2.13. The Morgan fingerprint density at radius 2 is 1.83 bits per heavy atom. The molecule has 0 atom stereocenters. The van der Waals surface area contributed by atoms with Gasteiger partial charge in [0.1, 0.15) is 0 Å². The maximum absolute atomic E-state index is 12.1. The highest BCUT2D eigenvalue weighted by Crippen LogP contribution is 2.25. The second kappa shape index (κ2) is 7.00. The van der Waals surface area contributed by atoms with Gasteiger partial charge in [-0.15, -0.1) is 0 Å². The van der Waals surface area contributed by atoms with Gasteiger partial charge in [0.05, 0.1) is 15.7 Å². The number of anilines is 1. The molecular weight excluding hydrogens is 270 g/mol. The van der Waals surface area contributed by atoms with Gasteiger partial charge in [0.15, 0.2) is 9.84 Å². The molecule has 0 heterocycles. The van der Waals surface area contributed by atoms with Gasteiger partial charge in [-0.1, -0.05) is 44.2 Å². The fourth-order valence-corrected chi connectivity index (χ4v) is 3.72. The van der Waals surface area contributed by atoms with E-state index < -0.39 is 9.84 Å². The van der Waals surface area contributed by atoms with E-state index in [-0.39, 0.29) is 15.7 Å². The lowest BCUT2D eigenvalue weighted by Crippen LogP contribution is -2.08. The molecule has 0 fully saturated rings. The Morgan fingerprint density at radius 3 is 2.50 bits per heavy atom. The molecule has 1 aromatic rings. The van der Waals surface area contributed by atoms with E-state index >= 15 is 0 Å². The first kappa shape index (κ1) is 15.3. The van der Waals surface area contributed by atoms with Gasteiger partial charge in [0.25, 0.3) is 0 Å². The minimum Gasteiger partial charge on any atom is -0.399 e. The van der Waals surface area contributed by atoms with Crippen LogP contribution in [-0.4, -0.2) is 14.2 Å². The number of hydrogen-bond donors (Lipinski definition) is 1. The summed E-state index contributed by atoms with van der Waals surface area (Å²) in [7, 11) is -3.31. The van der Waals surface area contributed by atoms with E-state index in [1.54, 1.807) is 6.07 Å². The Hall–Kier alpha value is -0.740. The Balaban J connectivity index is 2.66. The van der Waals surface area contributed by atoms with Crippen molar-refractivity contribution in [1.29, 1.82) is 0 Å². The Morgan fingerprint density at radius 1 is 1.17 bits per heavy atom. The number of rotatable bonds is 7. The zero-order valence-electron chi connectivity index (χ0n) is 10.7. The van der Waals surface area contributed by atoms with Gasteiger partial charge in [-0.3, -0.25) is 0 Å². The Bertz CT molecular complexity index is 486. The van der Waals surface area contributed by atoms with E-state index in [1.807, 2.05) is 0 Å². The Labute approximate surface area is 114 Å². The highest BCUT2D eigenvalue weighted by Gasteiger charge is 2.17. The van der Waals surface area contributed by atoms with Gasteiger partial charge >= 0.3 is 0 Å². The van der Waals surface area contributed by atoms with Crippen LogP contribution in [0.4, 0.5) is 5.69 Å². The topological polar surface area (TPSA) is 60.2 Å². The van der Waals surface area contributed by atoms with Crippen molar-refractivity contribution in [3.8, 4) is 0 Å². The molecule has 0 aliphatic rings. The largest absolute Gasteiger partial charge is 0.399 e. The molecule has 0 saturated carbocycles. The molecule has 18 heavy (non-hydrogen) atoms. The molecule has 0 unspecified atom stereocenters. The first-order valence-corrected chi connectivity index (χ1v) is 8.28. The molecule has 5 heteroatoms. The van der Waals surface area contributed by atoms with Crippen molar-refractivity contribution in [2.24, 2.45) is 0 Å². The van der Waals surface area contributed by atoms with Crippen molar-refractivity contribution in [2.45, 2.75) is 43.9 Å². The van der Waals surface area contributed by atoms with Gasteiger partial charge in [0.2, 0.25) is 0 Å². The third-order valence-electron chi connectivity index (χ3n) is 2.81. The molecule has 0 saturated heterocycles. The fourth-order valence-electron chi connectivity index (χ4n) is 1.76. The van der Waals surface area contributed by atoms with E-state index in [0.29, 0.717) is 12.1 Å². The quantitative estimate of drug-likeness (QED) is 0.615. The van der Waals surface area contributed by atoms with Crippen LogP contribution in [-0.2, 0) is 9.84 Å². The maximum atomic E-state index is 12.1. The summed E-state index contributed by atoms with van der Waals surface area (Å²) in [4.78, 5) is 0.152. The molecule has 0 radical (unpaired) electrons. The summed E-state index contributed by atoms with van der Waals surface area (Å²) in [5.41, 5.74) is 6.02. The molecule has 1 rings (SSSR count). The molecule has 2 N–H and O–H groups in total. The van der Waals surface area contributed by atoms with Crippen LogP contribution in [0.2, 0.25) is 5.02 Å². The minimum absolute atomic E-state index is 0.139. The standard InChI is InChI=1S/C13H20ClNO2S/c1-2-3-4-5-6-9-18(16,17)13-10-11(15)7-8-12(13)14/h7-8,10H,2-6,9,15H2,1H3. The third-order valence-corrected chi connectivity index (χ3v) is 5.08. The number of nitrogen functional groups attached to an aromatic ring is 1. The number of halogens is 1. The number of nitrogens with two attached hydrogens (primary N) is 1. The first-order chi connectivity index (χ1) is 8.47. The van der Waals surface area contributed by atoms with E-state index in [1.165, 1.54) is 12.1 Å². The SMILES string of the molecule is CCCCCCCS(=O)(=O)c1cc(N)ccc1Cl. The van der Waals surface area contributed by atoms with Gasteiger partial charge in [-0.05, 0) is 24.6 Å². The van der Waals surface area contributed by atoms with E-state index in [2.05, 4.69) is 6.92 Å². The number of unbranched alkanes of at least 4 members (excludes halogenated alkanes) is 4. The second-order valence-corrected chi connectivity index (χ2v) is 6.91. The average molecular weight is 290 g/mol. The maximum Gasteiger partial charge on any atom is 0.179 e. The van der Waals surface area contributed by atoms with Gasteiger partial charge in [-0.25, -0.2) is 8.42 Å². The van der Waals surface area contributed by atoms with Crippen molar-refractivity contribution in [3.05, 3.63) is 23.2 Å². The third kappa shape index (κ3) is 4.50. The van der Waals surface area contributed by atoms with Crippen molar-refractivity contribution < 1.29 is 8.42 Å². The first-order valence-electron chi connectivity index (χ1n) is 6.25. The summed E-state index contributed by atoms with van der Waals surface area (Å²) in [6, 6.07) is 4.56. The summed E-state index contributed by atoms with van der Waals surface area (Å²) in [6.07, 6.45) is 4.99. The van der Waals surface area contributed by atoms with Crippen molar-refractivity contribution >= 4 is 27.1 Å². The molecule has 3 nitrogen and oxygen atoms in total. The normalized spacial score (nSPS) is 11.7. The van der Waals surface area contributed by atoms with E-state index in [0.717, 1.165) is 25.7 Å². The number of hydrogen-bond acceptors (Lipinski definition) is 3. The van der Waals surface area contributed by atoms with Crippen LogP contribution >= 0.6 is 11.6 Å². The lowest BCUT2D eigenvalue weighted by atomic mass is 10.2. The van der Waals surface area contributed by atoms with Crippen LogP contribution in [0.3, 0.4) is 0 Å². The molecule has 1 aromatic carbocycles. The predicted octanol–water partition coefficient (Wildman–Crippen LogP) is 3.67. The monoisotopic (exact) mass is 289 g/mol. The summed E-state index contributed by atoms with van der Waals surface area (Å²) in [5.74, 6) is 0.139. The molecule has 102 valence electrons. The summed E-state index contributed by atoms with van der Waals surface area (Å²) >= 11 is 5.91. The molecule has 0 bridgehead atoms. The highest BCUT2D eigenvalue weighted by molar-refractivity contribution is 7.91. The van der Waals surface area contributed by atoms with Crippen LogP contribution in [0.1, 0.15) is 39.0 Å². The lowest BCUT2D eigenvalue weighted by Gasteiger charge is -2.07. The van der Waals surface area contributed by atoms with Crippen LogP contribution < -0.4 is 5.73 Å².